The summed E-state index contributed by atoms with van der Waals surface area (Å²) in [4.78, 5) is 26.4. The number of nitrogens with zero attached hydrogens (tertiary/aromatic N) is 1. The normalized spacial score (nSPS) is 16.6. The Bertz CT molecular complexity index is 823. The van der Waals surface area contributed by atoms with Gasteiger partial charge in [-0.25, -0.2) is 4.79 Å². The van der Waals surface area contributed by atoms with Gasteiger partial charge < -0.3 is 16.0 Å². The van der Waals surface area contributed by atoms with E-state index in [0.717, 1.165) is 31.6 Å². The number of aryl methyl sites for hydroxylation is 1. The molecule has 148 valence electrons. The van der Waals surface area contributed by atoms with Gasteiger partial charge in [0, 0.05) is 43.5 Å². The van der Waals surface area contributed by atoms with Crippen LogP contribution >= 0.6 is 0 Å². The molecular formula is C22H28N4O2. The molecule has 3 N–H and O–H groups in total. The summed E-state index contributed by atoms with van der Waals surface area (Å²) in [6.07, 6.45) is 1.35. The van der Waals surface area contributed by atoms with Crippen molar-refractivity contribution in [2.75, 3.05) is 23.7 Å². The number of carbonyl (C=O) groups is 2. The van der Waals surface area contributed by atoms with Crippen molar-refractivity contribution in [3.63, 3.8) is 0 Å². The van der Waals surface area contributed by atoms with Gasteiger partial charge in [0.05, 0.1) is 0 Å². The van der Waals surface area contributed by atoms with E-state index in [1.165, 1.54) is 5.56 Å². The van der Waals surface area contributed by atoms with Gasteiger partial charge in [-0.1, -0.05) is 43.3 Å². The summed E-state index contributed by atoms with van der Waals surface area (Å²) >= 11 is 0. The number of rotatable bonds is 6. The van der Waals surface area contributed by atoms with Gasteiger partial charge in [0.2, 0.25) is 5.91 Å². The second kappa shape index (κ2) is 9.37. The second-order valence-corrected chi connectivity index (χ2v) is 7.24. The summed E-state index contributed by atoms with van der Waals surface area (Å²) in [6, 6.07) is 15.8. The Balaban J connectivity index is 1.52. The van der Waals surface area contributed by atoms with Crippen molar-refractivity contribution in [2.45, 2.75) is 39.3 Å². The van der Waals surface area contributed by atoms with Crippen LogP contribution < -0.4 is 16.0 Å². The van der Waals surface area contributed by atoms with Gasteiger partial charge in [0.1, 0.15) is 0 Å². The SMILES string of the molecule is CCC(=O)Nc1ccc(C)c(NC(=O)N[C@@H]2CCN(Cc3ccccc3)C2)c1. The van der Waals surface area contributed by atoms with E-state index in [-0.39, 0.29) is 18.0 Å². The fourth-order valence-electron chi connectivity index (χ4n) is 3.36. The third kappa shape index (κ3) is 5.57. The number of amides is 3. The monoisotopic (exact) mass is 380 g/mol. The van der Waals surface area contributed by atoms with Crippen molar-refractivity contribution in [3.05, 3.63) is 59.7 Å². The molecule has 1 heterocycles. The minimum absolute atomic E-state index is 0.0521. The highest BCUT2D eigenvalue weighted by atomic mass is 16.2. The Morgan fingerprint density at radius 2 is 1.89 bits per heavy atom. The Morgan fingerprint density at radius 1 is 1.11 bits per heavy atom. The molecule has 3 amide bonds. The summed E-state index contributed by atoms with van der Waals surface area (Å²) in [5.41, 5.74) is 3.61. The van der Waals surface area contributed by atoms with Crippen LogP contribution in [-0.4, -0.2) is 36.0 Å². The zero-order valence-electron chi connectivity index (χ0n) is 16.5. The molecule has 0 spiro atoms. The lowest BCUT2D eigenvalue weighted by Gasteiger charge is -2.18. The Hall–Kier alpha value is -2.86. The van der Waals surface area contributed by atoms with Crippen LogP contribution in [0.15, 0.2) is 48.5 Å². The van der Waals surface area contributed by atoms with Crippen molar-refractivity contribution >= 4 is 23.3 Å². The van der Waals surface area contributed by atoms with Crippen molar-refractivity contribution < 1.29 is 9.59 Å². The molecule has 0 unspecified atom stereocenters. The predicted molar refractivity (Wildman–Crippen MR) is 112 cm³/mol. The molecular weight excluding hydrogens is 352 g/mol. The first-order valence-corrected chi connectivity index (χ1v) is 9.78. The maximum absolute atomic E-state index is 12.4. The lowest BCUT2D eigenvalue weighted by molar-refractivity contribution is -0.115. The highest BCUT2D eigenvalue weighted by molar-refractivity contribution is 5.94. The van der Waals surface area contributed by atoms with E-state index < -0.39 is 0 Å². The van der Waals surface area contributed by atoms with Gasteiger partial charge in [-0.2, -0.15) is 0 Å². The van der Waals surface area contributed by atoms with E-state index >= 15 is 0 Å². The molecule has 28 heavy (non-hydrogen) atoms. The van der Waals surface area contributed by atoms with Crippen molar-refractivity contribution in [2.24, 2.45) is 0 Å². The summed E-state index contributed by atoms with van der Waals surface area (Å²) in [5, 5.41) is 8.79. The Labute approximate surface area is 166 Å². The average molecular weight is 380 g/mol. The first kappa shape index (κ1) is 19.9. The first-order chi connectivity index (χ1) is 13.5. The molecule has 2 aromatic carbocycles. The van der Waals surface area contributed by atoms with Gasteiger partial charge >= 0.3 is 6.03 Å². The minimum Gasteiger partial charge on any atom is -0.334 e. The topological polar surface area (TPSA) is 73.5 Å². The Kier molecular flexibility index (Phi) is 6.66. The molecule has 0 aromatic heterocycles. The maximum Gasteiger partial charge on any atom is 0.319 e. The fourth-order valence-corrected chi connectivity index (χ4v) is 3.36. The number of carbonyl (C=O) groups excluding carboxylic acids is 2. The molecule has 0 bridgehead atoms. The summed E-state index contributed by atoms with van der Waals surface area (Å²) in [7, 11) is 0. The van der Waals surface area contributed by atoms with Crippen LogP contribution in [0.3, 0.4) is 0 Å². The minimum atomic E-state index is -0.214. The van der Waals surface area contributed by atoms with E-state index in [2.05, 4.69) is 33.0 Å². The van der Waals surface area contributed by atoms with Crippen LogP contribution in [0, 0.1) is 6.92 Å². The third-order valence-electron chi connectivity index (χ3n) is 4.95. The molecule has 3 rings (SSSR count). The number of urea groups is 1. The van der Waals surface area contributed by atoms with E-state index in [1.54, 1.807) is 13.0 Å². The van der Waals surface area contributed by atoms with Crippen molar-refractivity contribution in [1.82, 2.24) is 10.2 Å². The van der Waals surface area contributed by atoms with Gasteiger partial charge in [0.15, 0.2) is 0 Å². The van der Waals surface area contributed by atoms with Gasteiger partial charge in [0.25, 0.3) is 0 Å². The van der Waals surface area contributed by atoms with E-state index in [4.69, 9.17) is 0 Å². The number of likely N-dealkylation sites (tertiary alicyclic amines) is 1. The molecule has 0 aliphatic carbocycles. The number of hydrogen-bond acceptors (Lipinski definition) is 3. The quantitative estimate of drug-likeness (QED) is 0.715. The summed E-state index contributed by atoms with van der Waals surface area (Å²) < 4.78 is 0. The lowest BCUT2D eigenvalue weighted by atomic mass is 10.1. The van der Waals surface area contributed by atoms with Gasteiger partial charge in [-0.3, -0.25) is 9.69 Å². The Morgan fingerprint density at radius 3 is 2.64 bits per heavy atom. The molecule has 6 heteroatoms. The molecule has 0 radical (unpaired) electrons. The second-order valence-electron chi connectivity index (χ2n) is 7.24. The zero-order chi connectivity index (χ0) is 19.9. The van der Waals surface area contributed by atoms with Gasteiger partial charge in [-0.15, -0.1) is 0 Å². The largest absolute Gasteiger partial charge is 0.334 e. The van der Waals surface area contributed by atoms with E-state index in [1.807, 2.05) is 37.3 Å². The number of nitrogens with one attached hydrogen (secondary N) is 3. The van der Waals surface area contributed by atoms with Crippen LogP contribution in [0.5, 0.6) is 0 Å². The molecule has 2 aromatic rings. The standard InChI is InChI=1S/C22H28N4O2/c1-3-21(27)23-18-10-9-16(2)20(13-18)25-22(28)24-19-11-12-26(15-19)14-17-7-5-4-6-8-17/h4-10,13,19H,3,11-12,14-15H2,1-2H3,(H,23,27)(H2,24,25,28)/t19-/m1/s1. The molecule has 1 saturated heterocycles. The van der Waals surface area contributed by atoms with E-state index in [0.29, 0.717) is 17.8 Å². The number of anilines is 2. The fraction of sp³-hybridized carbons (Fsp3) is 0.364. The first-order valence-electron chi connectivity index (χ1n) is 9.78. The van der Waals surface area contributed by atoms with E-state index in [9.17, 15) is 9.59 Å². The maximum atomic E-state index is 12.4. The predicted octanol–water partition coefficient (Wildman–Crippen LogP) is 3.74. The molecule has 1 fully saturated rings. The zero-order valence-corrected chi connectivity index (χ0v) is 16.5. The molecule has 0 saturated carbocycles. The highest BCUT2D eigenvalue weighted by Gasteiger charge is 2.24. The summed E-state index contributed by atoms with van der Waals surface area (Å²) in [5.74, 6) is -0.0521. The molecule has 1 aliphatic rings. The van der Waals surface area contributed by atoms with Gasteiger partial charge in [-0.05, 0) is 36.6 Å². The number of benzene rings is 2. The summed E-state index contributed by atoms with van der Waals surface area (Å²) in [6.45, 7) is 6.45. The smallest absolute Gasteiger partial charge is 0.319 e. The van der Waals surface area contributed by atoms with Crippen LogP contribution in [0.25, 0.3) is 0 Å². The van der Waals surface area contributed by atoms with Crippen LogP contribution in [0.1, 0.15) is 30.9 Å². The number of hydrogen-bond donors (Lipinski definition) is 3. The van der Waals surface area contributed by atoms with Crippen molar-refractivity contribution in [3.8, 4) is 0 Å². The molecule has 1 atom stereocenters. The molecule has 6 nitrogen and oxygen atoms in total. The highest BCUT2D eigenvalue weighted by Crippen LogP contribution is 2.21. The molecule has 1 aliphatic heterocycles. The van der Waals surface area contributed by atoms with Crippen LogP contribution in [-0.2, 0) is 11.3 Å². The van der Waals surface area contributed by atoms with Crippen LogP contribution in [0.4, 0.5) is 16.2 Å². The van der Waals surface area contributed by atoms with Crippen molar-refractivity contribution in [1.29, 1.82) is 0 Å². The third-order valence-corrected chi connectivity index (χ3v) is 4.95. The van der Waals surface area contributed by atoms with Crippen LogP contribution in [0.2, 0.25) is 0 Å². The average Bonchev–Trinajstić information content (AvgIpc) is 3.11. The lowest BCUT2D eigenvalue weighted by Crippen LogP contribution is -2.39.